The van der Waals surface area contributed by atoms with Gasteiger partial charge in [0.1, 0.15) is 0 Å². The van der Waals surface area contributed by atoms with Crippen molar-refractivity contribution in [1.29, 1.82) is 0 Å². The largest absolute Gasteiger partial charge is 0.396 e. The Hall–Kier alpha value is -0.520. The van der Waals surface area contributed by atoms with E-state index < -0.39 is 0 Å². The zero-order chi connectivity index (χ0) is 10.3. The van der Waals surface area contributed by atoms with Gasteiger partial charge in [0.2, 0.25) is 0 Å². The van der Waals surface area contributed by atoms with Gasteiger partial charge in [-0.25, -0.2) is 0 Å². The molecule has 1 unspecified atom stereocenters. The molecule has 13 heavy (non-hydrogen) atoms. The highest BCUT2D eigenvalue weighted by atomic mass is 16.3. The van der Waals surface area contributed by atoms with Crippen LogP contribution in [0.15, 0.2) is 0 Å². The monoisotopic (exact) mass is 183 g/mol. The first-order valence-corrected chi connectivity index (χ1v) is 4.86. The number of nitrogens with one attached hydrogen (secondary N) is 1. The van der Waals surface area contributed by atoms with E-state index in [0.29, 0.717) is 0 Å². The minimum absolute atomic E-state index is 0.124. The molecule has 0 aliphatic carbocycles. The molecule has 0 aromatic rings. The van der Waals surface area contributed by atoms with Crippen molar-refractivity contribution in [3.63, 3.8) is 0 Å². The molecule has 0 aromatic heterocycles. The van der Waals surface area contributed by atoms with Crippen molar-refractivity contribution in [2.45, 2.75) is 39.7 Å². The number of hydrogen-bond donors (Lipinski definition) is 2. The van der Waals surface area contributed by atoms with E-state index in [-0.39, 0.29) is 18.1 Å². The van der Waals surface area contributed by atoms with E-state index in [0.717, 1.165) is 19.4 Å². The number of aliphatic hydroxyl groups is 1. The normalized spacial score (nSPS) is 13.8. The van der Waals surface area contributed by atoms with Crippen LogP contribution in [-0.4, -0.2) is 24.3 Å². The van der Waals surface area contributed by atoms with E-state index in [1.807, 2.05) is 0 Å². The van der Waals surface area contributed by atoms with Gasteiger partial charge >= 0.3 is 0 Å². The summed E-state index contributed by atoms with van der Waals surface area (Å²) in [6.07, 6.45) is 7.08. The minimum Gasteiger partial charge on any atom is -0.396 e. The van der Waals surface area contributed by atoms with Crippen molar-refractivity contribution in [2.75, 3.05) is 13.2 Å². The molecular formula is C11H21NO. The first kappa shape index (κ1) is 12.5. The molecule has 0 bridgehead atoms. The molecule has 0 saturated carbocycles. The van der Waals surface area contributed by atoms with Gasteiger partial charge in [-0.2, -0.15) is 0 Å². The third-order valence-electron chi connectivity index (χ3n) is 2.23. The van der Waals surface area contributed by atoms with Gasteiger partial charge < -0.3 is 10.4 Å². The third-order valence-corrected chi connectivity index (χ3v) is 2.23. The average molecular weight is 183 g/mol. The molecule has 2 N–H and O–H groups in total. The summed E-state index contributed by atoms with van der Waals surface area (Å²) in [6.45, 7) is 7.41. The van der Waals surface area contributed by atoms with Crippen LogP contribution in [0, 0.1) is 17.8 Å². The summed E-state index contributed by atoms with van der Waals surface area (Å²) in [5.74, 6) is 2.69. The fourth-order valence-corrected chi connectivity index (χ4v) is 1.11. The number of hydrogen-bond acceptors (Lipinski definition) is 2. The molecule has 0 saturated heterocycles. The lowest BCUT2D eigenvalue weighted by Crippen LogP contribution is -2.36. The van der Waals surface area contributed by atoms with Gasteiger partial charge in [0.05, 0.1) is 6.04 Å². The highest BCUT2D eigenvalue weighted by Crippen LogP contribution is 2.18. The third kappa shape index (κ3) is 5.68. The lowest BCUT2D eigenvalue weighted by atomic mass is 9.89. The summed E-state index contributed by atoms with van der Waals surface area (Å²) in [4.78, 5) is 0. The summed E-state index contributed by atoms with van der Waals surface area (Å²) in [5.41, 5.74) is 0.124. The van der Waals surface area contributed by atoms with Crippen molar-refractivity contribution in [1.82, 2.24) is 5.32 Å². The second-order valence-electron chi connectivity index (χ2n) is 4.15. The first-order chi connectivity index (χ1) is 6.05. The number of terminal acetylenes is 1. The Morgan fingerprint density at radius 2 is 2.15 bits per heavy atom. The van der Waals surface area contributed by atoms with E-state index in [1.165, 1.54) is 0 Å². The fraction of sp³-hybridized carbons (Fsp3) is 0.818. The van der Waals surface area contributed by atoms with Crippen LogP contribution in [0.3, 0.4) is 0 Å². The second kappa shape index (κ2) is 6.01. The molecule has 0 amide bonds. The highest BCUT2D eigenvalue weighted by molar-refractivity contribution is 4.98. The molecule has 0 aliphatic heterocycles. The smallest absolute Gasteiger partial charge is 0.0684 e. The van der Waals surface area contributed by atoms with Crippen molar-refractivity contribution in [3.05, 3.63) is 0 Å². The molecule has 0 fully saturated rings. The molecule has 0 aromatic carbocycles. The van der Waals surface area contributed by atoms with E-state index in [1.54, 1.807) is 0 Å². The molecule has 0 radical (unpaired) electrons. The molecule has 0 spiro atoms. The maximum atomic E-state index is 8.81. The zero-order valence-electron chi connectivity index (χ0n) is 8.93. The van der Waals surface area contributed by atoms with Crippen molar-refractivity contribution < 1.29 is 5.11 Å². The summed E-state index contributed by atoms with van der Waals surface area (Å²) in [7, 11) is 0. The Bertz CT molecular complexity index is 169. The van der Waals surface area contributed by atoms with Crippen molar-refractivity contribution >= 4 is 0 Å². The van der Waals surface area contributed by atoms with E-state index >= 15 is 0 Å². The van der Waals surface area contributed by atoms with Gasteiger partial charge in [-0.15, -0.1) is 6.42 Å². The van der Waals surface area contributed by atoms with Gasteiger partial charge in [0.15, 0.2) is 0 Å². The summed E-state index contributed by atoms with van der Waals surface area (Å²) in [5, 5.41) is 12.1. The maximum absolute atomic E-state index is 8.81. The lowest BCUT2D eigenvalue weighted by Gasteiger charge is -2.25. The van der Waals surface area contributed by atoms with Crippen LogP contribution in [0.25, 0.3) is 0 Å². The van der Waals surface area contributed by atoms with E-state index in [4.69, 9.17) is 11.5 Å². The standard InChI is InChI=1S/C11H21NO/c1-5-10(6-2)12-9-11(3,4)7-8-13/h1,10,12-13H,6-9H2,2-4H3. The van der Waals surface area contributed by atoms with Crippen LogP contribution >= 0.6 is 0 Å². The van der Waals surface area contributed by atoms with Gasteiger partial charge in [0.25, 0.3) is 0 Å². The molecule has 2 heteroatoms. The summed E-state index contributed by atoms with van der Waals surface area (Å²) in [6, 6.07) is 0.165. The van der Waals surface area contributed by atoms with Crippen LogP contribution in [0.4, 0.5) is 0 Å². The van der Waals surface area contributed by atoms with Gasteiger partial charge in [-0.1, -0.05) is 26.7 Å². The Morgan fingerprint density at radius 3 is 2.54 bits per heavy atom. The summed E-state index contributed by atoms with van der Waals surface area (Å²) < 4.78 is 0. The topological polar surface area (TPSA) is 32.3 Å². The Morgan fingerprint density at radius 1 is 1.54 bits per heavy atom. The predicted molar refractivity (Wildman–Crippen MR) is 56.4 cm³/mol. The second-order valence-corrected chi connectivity index (χ2v) is 4.15. The average Bonchev–Trinajstić information content (AvgIpc) is 2.06. The van der Waals surface area contributed by atoms with E-state index in [2.05, 4.69) is 32.0 Å². The summed E-state index contributed by atoms with van der Waals surface area (Å²) >= 11 is 0. The van der Waals surface area contributed by atoms with Crippen molar-refractivity contribution in [2.24, 2.45) is 5.41 Å². The highest BCUT2D eigenvalue weighted by Gasteiger charge is 2.17. The first-order valence-electron chi connectivity index (χ1n) is 4.86. The number of rotatable bonds is 6. The lowest BCUT2D eigenvalue weighted by molar-refractivity contribution is 0.205. The van der Waals surface area contributed by atoms with E-state index in [9.17, 15) is 0 Å². The SMILES string of the molecule is C#CC(CC)NCC(C)(C)CCO. The zero-order valence-corrected chi connectivity index (χ0v) is 8.93. The van der Waals surface area contributed by atoms with Crippen LogP contribution in [-0.2, 0) is 0 Å². The van der Waals surface area contributed by atoms with Crippen LogP contribution in [0.5, 0.6) is 0 Å². The van der Waals surface area contributed by atoms with Gasteiger partial charge in [0, 0.05) is 13.2 Å². The molecule has 0 rings (SSSR count). The Balaban J connectivity index is 3.80. The Kier molecular flexibility index (Phi) is 5.77. The van der Waals surface area contributed by atoms with Crippen molar-refractivity contribution in [3.8, 4) is 12.3 Å². The molecular weight excluding hydrogens is 162 g/mol. The maximum Gasteiger partial charge on any atom is 0.0684 e. The molecule has 2 nitrogen and oxygen atoms in total. The minimum atomic E-state index is 0.124. The van der Waals surface area contributed by atoms with Crippen LogP contribution < -0.4 is 5.32 Å². The molecule has 1 atom stereocenters. The quantitative estimate of drug-likeness (QED) is 0.610. The predicted octanol–water partition coefficient (Wildman–Crippen LogP) is 1.40. The molecule has 0 heterocycles. The molecule has 76 valence electrons. The Labute approximate surface area is 81.7 Å². The van der Waals surface area contributed by atoms with Crippen LogP contribution in [0.1, 0.15) is 33.6 Å². The molecule has 0 aliphatic rings. The van der Waals surface area contributed by atoms with Gasteiger partial charge in [-0.05, 0) is 18.3 Å². The fourth-order valence-electron chi connectivity index (χ4n) is 1.11. The van der Waals surface area contributed by atoms with Crippen LogP contribution in [0.2, 0.25) is 0 Å². The number of aliphatic hydroxyl groups excluding tert-OH is 1. The van der Waals surface area contributed by atoms with Gasteiger partial charge in [-0.3, -0.25) is 0 Å².